The van der Waals surface area contributed by atoms with Crippen molar-refractivity contribution >= 4 is 17.7 Å². The number of benzene rings is 1. The molecule has 5 heteroatoms. The maximum absolute atomic E-state index is 12.7. The lowest BCUT2D eigenvalue weighted by molar-refractivity contribution is -0.123. The summed E-state index contributed by atoms with van der Waals surface area (Å²) in [7, 11) is 0. The zero-order valence-corrected chi connectivity index (χ0v) is 11.7. The third-order valence-electron chi connectivity index (χ3n) is 3.48. The predicted octanol–water partition coefficient (Wildman–Crippen LogP) is 2.12. The van der Waals surface area contributed by atoms with E-state index in [4.69, 9.17) is 5.73 Å². The van der Waals surface area contributed by atoms with Gasteiger partial charge in [0.2, 0.25) is 5.91 Å². The van der Waals surface area contributed by atoms with E-state index in [1.807, 2.05) is 0 Å². The Morgan fingerprint density at radius 1 is 1.32 bits per heavy atom. The molecule has 0 radical (unpaired) electrons. The van der Waals surface area contributed by atoms with Crippen molar-refractivity contribution in [2.24, 2.45) is 11.7 Å². The fourth-order valence-electron chi connectivity index (χ4n) is 2.26. The Hall–Kier alpha value is -1.07. The molecule has 2 N–H and O–H groups in total. The van der Waals surface area contributed by atoms with Gasteiger partial charge in [0.15, 0.2) is 0 Å². The molecule has 1 heterocycles. The molecule has 0 bridgehead atoms. The maximum Gasteiger partial charge on any atom is 0.220 e. The summed E-state index contributed by atoms with van der Waals surface area (Å²) in [6, 6.07) is 6.58. The summed E-state index contributed by atoms with van der Waals surface area (Å²) in [6.45, 7) is 2.88. The summed E-state index contributed by atoms with van der Waals surface area (Å²) in [4.78, 5) is 14.5. The first-order chi connectivity index (χ1) is 9.15. The van der Waals surface area contributed by atoms with Crippen LogP contribution in [0.15, 0.2) is 29.2 Å². The molecule has 0 spiro atoms. The highest BCUT2D eigenvalue weighted by Crippen LogP contribution is 2.20. The third kappa shape index (κ3) is 4.51. The van der Waals surface area contributed by atoms with E-state index in [0.717, 1.165) is 43.1 Å². The number of nitrogens with zero attached hydrogens (tertiary/aromatic N) is 1. The first kappa shape index (κ1) is 14.3. The predicted molar refractivity (Wildman–Crippen MR) is 75.5 cm³/mol. The van der Waals surface area contributed by atoms with Gasteiger partial charge in [-0.3, -0.25) is 4.79 Å². The van der Waals surface area contributed by atoms with Crippen molar-refractivity contribution in [3.8, 4) is 0 Å². The van der Waals surface area contributed by atoms with Crippen LogP contribution >= 0.6 is 11.8 Å². The van der Waals surface area contributed by atoms with E-state index in [0.29, 0.717) is 0 Å². The second-order valence-electron chi connectivity index (χ2n) is 4.82. The van der Waals surface area contributed by atoms with Crippen LogP contribution in [0, 0.1) is 11.7 Å². The Balaban J connectivity index is 1.67. The van der Waals surface area contributed by atoms with Gasteiger partial charge in [-0.1, -0.05) is 0 Å². The molecule has 1 fully saturated rings. The van der Waals surface area contributed by atoms with Gasteiger partial charge in [0.25, 0.3) is 0 Å². The number of rotatable bonds is 5. The monoisotopic (exact) mass is 282 g/mol. The average Bonchev–Trinajstić information content (AvgIpc) is 2.41. The average molecular weight is 282 g/mol. The number of carbonyl (C=O) groups excluding carboxylic acids is 1. The Kier molecular flexibility index (Phi) is 5.22. The second-order valence-corrected chi connectivity index (χ2v) is 5.99. The van der Waals surface area contributed by atoms with E-state index in [1.54, 1.807) is 23.9 Å². The van der Waals surface area contributed by atoms with Crippen molar-refractivity contribution in [3.63, 3.8) is 0 Å². The molecule has 0 unspecified atom stereocenters. The number of piperidine rings is 1. The van der Waals surface area contributed by atoms with Crippen LogP contribution in [0.3, 0.4) is 0 Å². The molecule has 0 atom stereocenters. The first-order valence-corrected chi connectivity index (χ1v) is 7.54. The molecule has 1 aromatic carbocycles. The van der Waals surface area contributed by atoms with Crippen molar-refractivity contribution in [2.75, 3.05) is 25.4 Å². The van der Waals surface area contributed by atoms with Crippen molar-refractivity contribution in [2.45, 2.75) is 17.7 Å². The molecule has 1 amide bonds. The summed E-state index contributed by atoms with van der Waals surface area (Å²) in [5.41, 5.74) is 5.31. The fraction of sp³-hybridized carbons (Fsp3) is 0.500. The van der Waals surface area contributed by atoms with E-state index in [1.165, 1.54) is 12.1 Å². The molecule has 1 aliphatic rings. The molecule has 1 saturated heterocycles. The van der Waals surface area contributed by atoms with Gasteiger partial charge < -0.3 is 10.6 Å². The minimum atomic E-state index is -0.196. The van der Waals surface area contributed by atoms with Crippen LogP contribution in [0.2, 0.25) is 0 Å². The van der Waals surface area contributed by atoms with Gasteiger partial charge >= 0.3 is 0 Å². The summed E-state index contributed by atoms with van der Waals surface area (Å²) >= 11 is 1.73. The van der Waals surface area contributed by atoms with Gasteiger partial charge in [0.1, 0.15) is 5.82 Å². The number of likely N-dealkylation sites (tertiary alicyclic amines) is 1. The largest absolute Gasteiger partial charge is 0.369 e. The van der Waals surface area contributed by atoms with Gasteiger partial charge in [-0.15, -0.1) is 11.8 Å². The summed E-state index contributed by atoms with van der Waals surface area (Å²) in [5, 5.41) is 0. The van der Waals surface area contributed by atoms with Gasteiger partial charge in [0, 0.05) is 23.1 Å². The van der Waals surface area contributed by atoms with Crippen molar-refractivity contribution in [1.82, 2.24) is 4.90 Å². The lowest BCUT2D eigenvalue weighted by Crippen LogP contribution is -2.39. The molecule has 3 nitrogen and oxygen atoms in total. The molecule has 2 rings (SSSR count). The second kappa shape index (κ2) is 6.91. The minimum absolute atomic E-state index is 0.0565. The fourth-order valence-corrected chi connectivity index (χ4v) is 3.18. The van der Waals surface area contributed by atoms with E-state index in [9.17, 15) is 9.18 Å². The molecular weight excluding hydrogens is 263 g/mol. The smallest absolute Gasteiger partial charge is 0.220 e. The van der Waals surface area contributed by atoms with E-state index in [2.05, 4.69) is 4.90 Å². The van der Waals surface area contributed by atoms with Gasteiger partial charge in [-0.2, -0.15) is 0 Å². The summed E-state index contributed by atoms with van der Waals surface area (Å²) in [5.74, 6) is 0.673. The SMILES string of the molecule is NC(=O)C1CCN(CCSc2ccc(F)cc2)CC1. The van der Waals surface area contributed by atoms with Gasteiger partial charge in [-0.25, -0.2) is 4.39 Å². The van der Waals surface area contributed by atoms with Crippen molar-refractivity contribution in [1.29, 1.82) is 0 Å². The van der Waals surface area contributed by atoms with Gasteiger partial charge in [0.05, 0.1) is 0 Å². The normalized spacial score (nSPS) is 17.5. The topological polar surface area (TPSA) is 46.3 Å². The lowest BCUT2D eigenvalue weighted by atomic mass is 9.96. The zero-order valence-electron chi connectivity index (χ0n) is 10.8. The Morgan fingerprint density at radius 3 is 2.53 bits per heavy atom. The third-order valence-corrected chi connectivity index (χ3v) is 4.47. The van der Waals surface area contributed by atoms with Crippen LogP contribution < -0.4 is 5.73 Å². The first-order valence-electron chi connectivity index (χ1n) is 6.55. The van der Waals surface area contributed by atoms with E-state index >= 15 is 0 Å². The number of amides is 1. The Bertz CT molecular complexity index is 416. The quantitative estimate of drug-likeness (QED) is 0.841. The van der Waals surface area contributed by atoms with E-state index < -0.39 is 0 Å². The Labute approximate surface area is 117 Å². The number of nitrogens with two attached hydrogens (primary N) is 1. The Morgan fingerprint density at radius 2 is 1.95 bits per heavy atom. The van der Waals surface area contributed by atoms with Crippen LogP contribution in [-0.4, -0.2) is 36.2 Å². The molecule has 19 heavy (non-hydrogen) atoms. The standard InChI is InChI=1S/C14H19FN2OS/c15-12-1-3-13(4-2-12)19-10-9-17-7-5-11(6-8-17)14(16)18/h1-4,11H,5-10H2,(H2,16,18). The van der Waals surface area contributed by atoms with Crippen LogP contribution in [0.4, 0.5) is 4.39 Å². The molecule has 1 aromatic rings. The highest BCUT2D eigenvalue weighted by atomic mass is 32.2. The van der Waals surface area contributed by atoms with E-state index in [-0.39, 0.29) is 17.6 Å². The summed E-state index contributed by atoms with van der Waals surface area (Å²) < 4.78 is 12.7. The zero-order chi connectivity index (χ0) is 13.7. The van der Waals surface area contributed by atoms with Crippen LogP contribution in [-0.2, 0) is 4.79 Å². The highest BCUT2D eigenvalue weighted by molar-refractivity contribution is 7.99. The maximum atomic E-state index is 12.7. The molecule has 1 aliphatic heterocycles. The number of hydrogen-bond donors (Lipinski definition) is 1. The lowest BCUT2D eigenvalue weighted by Gasteiger charge is -2.30. The molecule has 104 valence electrons. The molecule has 0 aliphatic carbocycles. The number of thioether (sulfide) groups is 1. The number of halogens is 1. The van der Waals surface area contributed by atoms with Crippen LogP contribution in [0.1, 0.15) is 12.8 Å². The van der Waals surface area contributed by atoms with Crippen LogP contribution in [0.25, 0.3) is 0 Å². The van der Waals surface area contributed by atoms with Crippen LogP contribution in [0.5, 0.6) is 0 Å². The number of carbonyl (C=O) groups is 1. The minimum Gasteiger partial charge on any atom is -0.369 e. The molecular formula is C14H19FN2OS. The van der Waals surface area contributed by atoms with Crippen molar-refractivity contribution < 1.29 is 9.18 Å². The molecule has 0 saturated carbocycles. The van der Waals surface area contributed by atoms with Gasteiger partial charge in [-0.05, 0) is 50.2 Å². The summed E-state index contributed by atoms with van der Waals surface area (Å²) in [6.07, 6.45) is 1.74. The highest BCUT2D eigenvalue weighted by Gasteiger charge is 2.22. The molecule has 0 aromatic heterocycles. The number of primary amides is 1. The van der Waals surface area contributed by atoms with Crippen molar-refractivity contribution in [3.05, 3.63) is 30.1 Å². The number of hydrogen-bond acceptors (Lipinski definition) is 3.